The Hall–Kier alpha value is -7.36. The van der Waals surface area contributed by atoms with Gasteiger partial charge in [-0.15, -0.1) is 0 Å². The van der Waals surface area contributed by atoms with Crippen molar-refractivity contribution in [3.8, 4) is 50.8 Å². The summed E-state index contributed by atoms with van der Waals surface area (Å²) in [5.74, 6) is 0. The molecule has 10 aromatic rings. The van der Waals surface area contributed by atoms with Crippen molar-refractivity contribution in [2.45, 2.75) is 47.7 Å². The summed E-state index contributed by atoms with van der Waals surface area (Å²) in [4.78, 5) is 0. The third-order valence-corrected chi connectivity index (χ3v) is 12.5. The number of hydrogen-bond donors (Lipinski definition) is 0. The Morgan fingerprint density at radius 2 is 0.935 bits per heavy atom. The largest absolute Gasteiger partial charge is 0.420 e. The molecule has 0 unspecified atom stereocenters. The molecule has 0 radical (unpaired) electrons. The third-order valence-electron chi connectivity index (χ3n) is 12.5. The molecule has 10 rings (SSSR count). The van der Waals surface area contributed by atoms with E-state index in [0.29, 0.717) is 38.8 Å². The van der Waals surface area contributed by atoms with Gasteiger partial charge in [0, 0.05) is 27.1 Å². The molecule has 0 bridgehead atoms. The molecule has 3 nitrogen and oxygen atoms in total. The summed E-state index contributed by atoms with van der Waals surface area (Å²) in [6, 6.07) is 48.7. The van der Waals surface area contributed by atoms with E-state index >= 15 is 13.2 Å². The summed E-state index contributed by atoms with van der Waals surface area (Å²) in [5.41, 5.74) is 14.3. The molecule has 62 heavy (non-hydrogen) atoms. The lowest BCUT2D eigenvalue weighted by molar-refractivity contribution is -0.137. The molecule has 2 heterocycles. The quantitative estimate of drug-likeness (QED) is 0.170. The summed E-state index contributed by atoms with van der Waals surface area (Å²) < 4.78 is 53.6. The average molecular weight is 814 g/mol. The molecule has 8 aromatic carbocycles. The minimum atomic E-state index is -4.82. The molecule has 0 spiro atoms. The van der Waals surface area contributed by atoms with Crippen LogP contribution in [0.4, 0.5) is 13.2 Å². The van der Waals surface area contributed by atoms with Crippen LogP contribution in [0.2, 0.25) is 0 Å². The van der Waals surface area contributed by atoms with Crippen LogP contribution in [0.15, 0.2) is 146 Å². The first kappa shape index (κ1) is 38.8. The van der Waals surface area contributed by atoms with Crippen molar-refractivity contribution in [1.29, 1.82) is 5.26 Å². The Morgan fingerprint density at radius 1 is 0.452 bits per heavy atom. The SMILES string of the molecule is Cc1cc(C)c(-c2ccc3c(c2)c2ccccc2n3-c2ccc(-c3cccc(C#N)c3)c(-n3c4ccccc4c4cc(-c5c(C)cc(C)cc5C)ccc43)c2C(F)(F)F)c(C)c1. The van der Waals surface area contributed by atoms with Crippen LogP contribution < -0.4 is 0 Å². The molecule has 6 heteroatoms. The van der Waals surface area contributed by atoms with Crippen molar-refractivity contribution < 1.29 is 13.2 Å². The number of nitriles is 1. The zero-order valence-corrected chi connectivity index (χ0v) is 35.3. The van der Waals surface area contributed by atoms with Gasteiger partial charge in [0.15, 0.2) is 0 Å². The van der Waals surface area contributed by atoms with E-state index in [-0.39, 0.29) is 11.4 Å². The number of rotatable bonds is 5. The smallest absolute Gasteiger partial charge is 0.309 e. The lowest BCUT2D eigenvalue weighted by Gasteiger charge is -2.24. The number of benzene rings is 8. The van der Waals surface area contributed by atoms with Gasteiger partial charge in [-0.05, 0) is 146 Å². The minimum absolute atomic E-state index is 0.000179. The van der Waals surface area contributed by atoms with Gasteiger partial charge in [-0.2, -0.15) is 18.4 Å². The minimum Gasteiger partial charge on any atom is -0.309 e. The Labute approximate surface area is 358 Å². The molecule has 0 aliphatic heterocycles. The summed E-state index contributed by atoms with van der Waals surface area (Å²) in [7, 11) is 0. The fraction of sp³-hybridized carbons (Fsp3) is 0.125. The summed E-state index contributed by atoms with van der Waals surface area (Å²) >= 11 is 0. The first-order valence-corrected chi connectivity index (χ1v) is 20.8. The molecule has 0 fully saturated rings. The molecule has 302 valence electrons. The predicted molar refractivity (Wildman–Crippen MR) is 250 cm³/mol. The number of nitrogens with zero attached hydrogens (tertiary/aromatic N) is 3. The number of alkyl halides is 3. The maximum absolute atomic E-state index is 16.7. The number of hydrogen-bond acceptors (Lipinski definition) is 1. The molecule has 0 N–H and O–H groups in total. The summed E-state index contributed by atoms with van der Waals surface area (Å²) in [6.45, 7) is 12.6. The Morgan fingerprint density at radius 3 is 1.45 bits per heavy atom. The second-order valence-electron chi connectivity index (χ2n) is 16.8. The maximum atomic E-state index is 16.7. The molecule has 0 aliphatic carbocycles. The van der Waals surface area contributed by atoms with Crippen molar-refractivity contribution in [1.82, 2.24) is 9.13 Å². The molecule has 0 atom stereocenters. The van der Waals surface area contributed by atoms with E-state index in [0.717, 1.165) is 66.1 Å². The van der Waals surface area contributed by atoms with Crippen LogP contribution >= 0.6 is 0 Å². The van der Waals surface area contributed by atoms with Gasteiger partial charge in [0.1, 0.15) is 5.56 Å². The van der Waals surface area contributed by atoms with Gasteiger partial charge in [0.05, 0.1) is 45.1 Å². The van der Waals surface area contributed by atoms with Gasteiger partial charge in [0.2, 0.25) is 0 Å². The Balaban J connectivity index is 1.33. The topological polar surface area (TPSA) is 33.6 Å². The molecule has 0 aliphatic rings. The van der Waals surface area contributed by atoms with E-state index in [1.54, 1.807) is 45.5 Å². The van der Waals surface area contributed by atoms with Gasteiger partial charge in [0.25, 0.3) is 0 Å². The Bertz CT molecular complexity index is 3490. The van der Waals surface area contributed by atoms with Crippen molar-refractivity contribution in [2.24, 2.45) is 0 Å². The van der Waals surface area contributed by atoms with E-state index in [9.17, 15) is 5.26 Å². The number of para-hydroxylation sites is 2. The second kappa shape index (κ2) is 14.4. The monoisotopic (exact) mass is 813 g/mol. The highest BCUT2D eigenvalue weighted by Crippen LogP contribution is 2.48. The number of halogens is 3. The summed E-state index contributed by atoms with van der Waals surface area (Å²) in [6.07, 6.45) is -4.82. The first-order chi connectivity index (χ1) is 29.8. The van der Waals surface area contributed by atoms with Gasteiger partial charge >= 0.3 is 6.18 Å². The molecule has 2 aromatic heterocycles. The maximum Gasteiger partial charge on any atom is 0.420 e. The first-order valence-electron chi connectivity index (χ1n) is 20.8. The van der Waals surface area contributed by atoms with E-state index in [1.807, 2.05) is 72.8 Å². The molecular formula is C56H42F3N3. The highest BCUT2D eigenvalue weighted by Gasteiger charge is 2.40. The normalized spacial score (nSPS) is 11.9. The van der Waals surface area contributed by atoms with E-state index in [1.165, 1.54) is 11.1 Å². The van der Waals surface area contributed by atoms with Crippen molar-refractivity contribution in [3.63, 3.8) is 0 Å². The lowest BCUT2D eigenvalue weighted by atomic mass is 9.93. The number of aryl methyl sites for hydroxylation is 6. The summed E-state index contributed by atoms with van der Waals surface area (Å²) in [5, 5.41) is 13.4. The molecule has 0 saturated heterocycles. The predicted octanol–water partition coefficient (Wildman–Crippen LogP) is 15.6. The molecular weight excluding hydrogens is 772 g/mol. The van der Waals surface area contributed by atoms with Gasteiger partial charge in [-0.1, -0.05) is 102 Å². The van der Waals surface area contributed by atoms with E-state index in [4.69, 9.17) is 0 Å². The van der Waals surface area contributed by atoms with Crippen molar-refractivity contribution in [2.75, 3.05) is 0 Å². The zero-order chi connectivity index (χ0) is 43.2. The second-order valence-corrected chi connectivity index (χ2v) is 16.8. The van der Waals surface area contributed by atoms with E-state index < -0.39 is 11.7 Å². The van der Waals surface area contributed by atoms with Gasteiger partial charge in [-0.3, -0.25) is 0 Å². The highest BCUT2D eigenvalue weighted by molar-refractivity contribution is 6.13. The fourth-order valence-electron chi connectivity index (χ4n) is 10.3. The van der Waals surface area contributed by atoms with Crippen LogP contribution in [-0.2, 0) is 6.18 Å². The van der Waals surface area contributed by atoms with Crippen LogP contribution in [0.1, 0.15) is 44.5 Å². The number of fused-ring (bicyclic) bond motifs is 6. The standard InChI is InChI=1S/C56H42F3N3/c1-32-24-34(3)52(35(4)25-32)40-18-21-49-45(29-40)43-14-7-9-16-47(43)61(49)51-23-20-42(39-13-11-12-38(28-39)31-60)55(54(51)56(57,58)59)62-48-17-10-8-15-44(48)46-30-41(19-22-50(46)62)53-36(5)26-33(2)27-37(53)6/h7-30H,1-6H3. The number of aromatic nitrogens is 2. The molecule has 0 saturated carbocycles. The Kier molecular flexibility index (Phi) is 9.01. The van der Waals surface area contributed by atoms with E-state index in [2.05, 4.69) is 84.0 Å². The van der Waals surface area contributed by atoms with Crippen LogP contribution in [0.3, 0.4) is 0 Å². The van der Waals surface area contributed by atoms with Crippen molar-refractivity contribution in [3.05, 3.63) is 190 Å². The van der Waals surface area contributed by atoms with Gasteiger partial charge in [-0.25, -0.2) is 0 Å². The van der Waals surface area contributed by atoms with Crippen LogP contribution in [0.5, 0.6) is 0 Å². The zero-order valence-electron chi connectivity index (χ0n) is 35.3. The lowest BCUT2D eigenvalue weighted by Crippen LogP contribution is -2.16. The average Bonchev–Trinajstić information content (AvgIpc) is 3.74. The highest BCUT2D eigenvalue weighted by atomic mass is 19.4. The third kappa shape index (κ3) is 6.10. The molecule has 0 amide bonds. The van der Waals surface area contributed by atoms with Crippen LogP contribution in [-0.4, -0.2) is 9.13 Å². The van der Waals surface area contributed by atoms with Crippen LogP contribution in [0, 0.1) is 52.9 Å². The van der Waals surface area contributed by atoms with Crippen LogP contribution in [0.25, 0.3) is 88.4 Å². The van der Waals surface area contributed by atoms with Gasteiger partial charge < -0.3 is 9.13 Å². The van der Waals surface area contributed by atoms with Crippen molar-refractivity contribution >= 4 is 43.6 Å². The fourth-order valence-corrected chi connectivity index (χ4v) is 10.3.